The molecule has 3 N–H and O–H groups in total. The predicted octanol–water partition coefficient (Wildman–Crippen LogP) is 4.08. The zero-order chi connectivity index (χ0) is 22.0. The van der Waals surface area contributed by atoms with E-state index in [4.69, 9.17) is 38.0 Å². The molecule has 0 bridgehead atoms. The molecule has 3 heterocycles. The Bertz CT molecular complexity index is 1050. The molecule has 1 aliphatic rings. The number of aryl methyl sites for hydroxylation is 2. The van der Waals surface area contributed by atoms with Crippen molar-refractivity contribution in [3.05, 3.63) is 39.6 Å². The lowest BCUT2D eigenvalue weighted by Crippen LogP contribution is -2.41. The lowest BCUT2D eigenvalue weighted by atomic mass is 10.1. The Labute approximate surface area is 192 Å². The highest BCUT2D eigenvalue weighted by Crippen LogP contribution is 2.41. The highest BCUT2D eigenvalue weighted by molar-refractivity contribution is 6.39. The summed E-state index contributed by atoms with van der Waals surface area (Å²) >= 11 is 13.2. The minimum atomic E-state index is 0.506. The average Bonchev–Trinajstić information content (AvgIpc) is 3.07. The molecule has 0 aliphatic carbocycles. The van der Waals surface area contributed by atoms with Crippen LogP contribution < -0.4 is 20.7 Å². The van der Waals surface area contributed by atoms with Crippen LogP contribution in [0.25, 0.3) is 16.8 Å². The number of rotatable bonds is 7. The molecule has 0 atom stereocenters. The van der Waals surface area contributed by atoms with Crippen LogP contribution in [-0.4, -0.2) is 53.9 Å². The molecule has 0 spiro atoms. The predicted molar refractivity (Wildman–Crippen MR) is 127 cm³/mol. The van der Waals surface area contributed by atoms with Crippen LogP contribution in [0.4, 0.5) is 5.82 Å². The first-order valence-electron chi connectivity index (χ1n) is 10.6. The lowest BCUT2D eigenvalue weighted by molar-refractivity contribution is 0.392. The van der Waals surface area contributed by atoms with Crippen LogP contribution >= 0.6 is 23.2 Å². The first-order valence-corrected chi connectivity index (χ1v) is 11.3. The van der Waals surface area contributed by atoms with Gasteiger partial charge in [0.15, 0.2) is 5.65 Å². The second kappa shape index (κ2) is 9.61. The number of halogens is 2. The Morgan fingerprint density at radius 2 is 1.81 bits per heavy atom. The van der Waals surface area contributed by atoms with E-state index in [9.17, 15) is 0 Å². The van der Waals surface area contributed by atoms with E-state index in [1.165, 1.54) is 12.8 Å². The summed E-state index contributed by atoms with van der Waals surface area (Å²) in [4.78, 5) is 4.75. The van der Waals surface area contributed by atoms with Crippen molar-refractivity contribution in [2.75, 3.05) is 38.6 Å². The van der Waals surface area contributed by atoms with Crippen molar-refractivity contribution in [3.63, 3.8) is 0 Å². The number of hydrogen-bond acceptors (Lipinski definition) is 6. The van der Waals surface area contributed by atoms with E-state index in [0.29, 0.717) is 27.4 Å². The smallest absolute Gasteiger partial charge is 0.165 e. The minimum Gasteiger partial charge on any atom is -0.497 e. The minimum absolute atomic E-state index is 0.506. The molecule has 2 aromatic heterocycles. The molecule has 1 fully saturated rings. The third-order valence-electron chi connectivity index (χ3n) is 5.60. The van der Waals surface area contributed by atoms with Gasteiger partial charge in [0.2, 0.25) is 0 Å². The Hall–Kier alpha value is -2.06. The van der Waals surface area contributed by atoms with E-state index in [1.807, 2.05) is 24.4 Å². The van der Waals surface area contributed by atoms with E-state index in [0.717, 1.165) is 54.6 Å². The summed E-state index contributed by atoms with van der Waals surface area (Å²) < 4.78 is 7.11. The van der Waals surface area contributed by atoms with E-state index in [2.05, 4.69) is 16.0 Å². The van der Waals surface area contributed by atoms with E-state index in [1.54, 1.807) is 19.2 Å². The molecule has 166 valence electrons. The Morgan fingerprint density at radius 3 is 2.48 bits per heavy atom. The van der Waals surface area contributed by atoms with Gasteiger partial charge in [-0.15, -0.1) is 0 Å². The number of aromatic nitrogens is 3. The molecule has 0 radical (unpaired) electrons. The molecule has 1 saturated heterocycles. The van der Waals surface area contributed by atoms with Gasteiger partial charge in [0.25, 0.3) is 0 Å². The molecule has 3 aromatic rings. The van der Waals surface area contributed by atoms with Crippen molar-refractivity contribution in [3.8, 4) is 16.9 Å². The maximum Gasteiger partial charge on any atom is 0.165 e. The molecule has 1 aliphatic heterocycles. The largest absolute Gasteiger partial charge is 0.497 e. The number of methoxy groups -OCH3 is 1. The number of piperidine rings is 1. The van der Waals surface area contributed by atoms with Crippen LogP contribution in [0.2, 0.25) is 10.0 Å². The summed E-state index contributed by atoms with van der Waals surface area (Å²) in [6, 6.07) is 6.10. The summed E-state index contributed by atoms with van der Waals surface area (Å²) in [6.07, 6.45) is 2.34. The molecule has 7 nitrogen and oxygen atoms in total. The quantitative estimate of drug-likeness (QED) is 0.459. The van der Waals surface area contributed by atoms with Crippen LogP contribution in [0.3, 0.4) is 0 Å². The van der Waals surface area contributed by atoms with Crippen molar-refractivity contribution in [2.24, 2.45) is 0 Å². The molecule has 31 heavy (non-hydrogen) atoms. The zero-order valence-corrected chi connectivity index (χ0v) is 19.6. The number of nitrogens with zero attached hydrogens (tertiary/aromatic N) is 3. The number of fused-ring (bicyclic) bond motifs is 1. The van der Waals surface area contributed by atoms with Crippen molar-refractivity contribution in [1.29, 1.82) is 0 Å². The van der Waals surface area contributed by atoms with Gasteiger partial charge in [-0.05, 0) is 51.9 Å². The number of nitrogens with one attached hydrogen (secondary N) is 3. The topological polar surface area (TPSA) is 75.5 Å². The van der Waals surface area contributed by atoms with Crippen molar-refractivity contribution < 1.29 is 4.74 Å². The Morgan fingerprint density at radius 1 is 1.10 bits per heavy atom. The van der Waals surface area contributed by atoms with Crippen LogP contribution in [0, 0.1) is 13.8 Å². The monoisotopic (exact) mass is 462 g/mol. The van der Waals surface area contributed by atoms with Gasteiger partial charge >= 0.3 is 0 Å². The molecule has 9 heteroatoms. The van der Waals surface area contributed by atoms with Gasteiger partial charge in [-0.2, -0.15) is 9.61 Å². The van der Waals surface area contributed by atoms with Gasteiger partial charge < -0.3 is 20.7 Å². The van der Waals surface area contributed by atoms with Gasteiger partial charge in [-0.25, -0.2) is 4.98 Å². The van der Waals surface area contributed by atoms with E-state index < -0.39 is 0 Å². The molecule has 0 unspecified atom stereocenters. The van der Waals surface area contributed by atoms with Crippen LogP contribution in [0.15, 0.2) is 18.2 Å². The number of anilines is 1. The number of ether oxygens (including phenoxy) is 1. The fourth-order valence-corrected chi connectivity index (χ4v) is 4.72. The highest BCUT2D eigenvalue weighted by Gasteiger charge is 2.21. The molecule has 0 amide bonds. The average molecular weight is 463 g/mol. The van der Waals surface area contributed by atoms with E-state index in [-0.39, 0.29) is 0 Å². The van der Waals surface area contributed by atoms with Gasteiger partial charge in [-0.3, -0.25) is 0 Å². The Balaban J connectivity index is 1.61. The third kappa shape index (κ3) is 4.75. The summed E-state index contributed by atoms with van der Waals surface area (Å²) in [7, 11) is 1.59. The molecule has 4 rings (SSSR count). The third-order valence-corrected chi connectivity index (χ3v) is 6.19. The van der Waals surface area contributed by atoms with Crippen molar-refractivity contribution >= 4 is 34.7 Å². The number of benzene rings is 1. The first kappa shape index (κ1) is 22.1. The molecular formula is C22H28Cl2N6O. The number of hydrogen-bond donors (Lipinski definition) is 3. The molecular weight excluding hydrogens is 435 g/mol. The second-order valence-corrected chi connectivity index (χ2v) is 8.66. The Kier molecular flexibility index (Phi) is 6.86. The maximum atomic E-state index is 6.58. The van der Waals surface area contributed by atoms with E-state index >= 15 is 0 Å². The maximum absolute atomic E-state index is 6.58. The highest BCUT2D eigenvalue weighted by atomic mass is 35.5. The first-order chi connectivity index (χ1) is 15.0. The van der Waals surface area contributed by atoms with Crippen LogP contribution in [0.1, 0.15) is 24.2 Å². The molecule has 1 aromatic carbocycles. The van der Waals surface area contributed by atoms with Crippen LogP contribution in [0.5, 0.6) is 5.75 Å². The summed E-state index contributed by atoms with van der Waals surface area (Å²) in [5.41, 5.74) is 3.97. The zero-order valence-electron chi connectivity index (χ0n) is 18.1. The summed E-state index contributed by atoms with van der Waals surface area (Å²) in [5, 5.41) is 16.3. The summed E-state index contributed by atoms with van der Waals surface area (Å²) in [6.45, 7) is 7.76. The van der Waals surface area contributed by atoms with Gasteiger partial charge in [0.1, 0.15) is 11.6 Å². The molecule has 0 saturated carbocycles. The van der Waals surface area contributed by atoms with Crippen molar-refractivity contribution in [1.82, 2.24) is 25.2 Å². The van der Waals surface area contributed by atoms with Crippen molar-refractivity contribution in [2.45, 2.75) is 32.7 Å². The van der Waals surface area contributed by atoms with Gasteiger partial charge in [-0.1, -0.05) is 23.2 Å². The SMILES string of the molecule is COc1cc(Cl)c(-c2c(C)nn3c(NCCNC4CCNCC4)cc(C)nc23)c(Cl)c1. The van der Waals surface area contributed by atoms with Crippen LogP contribution in [-0.2, 0) is 0 Å². The second-order valence-electron chi connectivity index (χ2n) is 7.85. The van der Waals surface area contributed by atoms with Gasteiger partial charge in [0.05, 0.1) is 28.4 Å². The fraction of sp³-hybridized carbons (Fsp3) is 0.455. The lowest BCUT2D eigenvalue weighted by Gasteiger charge is -2.23. The van der Waals surface area contributed by atoms with Gasteiger partial charge in [0, 0.05) is 36.5 Å². The fourth-order valence-electron chi connectivity index (χ4n) is 4.06. The standard InChI is InChI=1S/C22H28Cl2N6O/c1-13-10-19(27-9-8-26-15-4-6-25-7-5-15)30-22(28-13)20(14(2)29-30)21-17(23)11-16(31-3)12-18(21)24/h10-12,15,25-27H,4-9H2,1-3H3. The normalized spacial score (nSPS) is 14.9. The summed E-state index contributed by atoms with van der Waals surface area (Å²) in [5.74, 6) is 1.50.